The molecule has 0 bridgehead atoms. The predicted molar refractivity (Wildman–Crippen MR) is 63.2 cm³/mol. The lowest BCUT2D eigenvalue weighted by molar-refractivity contribution is 0.270. The maximum atomic E-state index is 5.87. The minimum Gasteiger partial charge on any atom is -0.297 e. The first-order chi connectivity index (χ1) is 7.22. The summed E-state index contributed by atoms with van der Waals surface area (Å²) in [7, 11) is 0. The molecule has 1 aliphatic rings. The van der Waals surface area contributed by atoms with E-state index in [9.17, 15) is 0 Å². The van der Waals surface area contributed by atoms with E-state index in [0.717, 1.165) is 6.54 Å². The molecule has 0 saturated carbocycles. The second kappa shape index (κ2) is 4.50. The van der Waals surface area contributed by atoms with Crippen molar-refractivity contribution in [2.24, 2.45) is 0 Å². The van der Waals surface area contributed by atoms with Crippen molar-refractivity contribution in [2.75, 3.05) is 13.1 Å². The highest BCUT2D eigenvalue weighted by atomic mass is 35.5. The molecule has 3 heteroatoms. The van der Waals surface area contributed by atoms with Gasteiger partial charge in [0.05, 0.1) is 0 Å². The number of halogens is 1. The minimum absolute atomic E-state index is 0.555. The Kier molecular flexibility index (Phi) is 3.27. The van der Waals surface area contributed by atoms with Gasteiger partial charge in [-0.1, -0.05) is 18.5 Å². The van der Waals surface area contributed by atoms with Crippen LogP contribution in [0.4, 0.5) is 0 Å². The molecule has 1 atom stereocenters. The average molecular weight is 225 g/mol. The van der Waals surface area contributed by atoms with E-state index in [1.165, 1.54) is 30.5 Å². The molecule has 1 fully saturated rings. The molecule has 2 rings (SSSR count). The fourth-order valence-corrected chi connectivity index (χ4v) is 2.65. The molecule has 1 aliphatic heterocycles. The molecule has 2 heterocycles. The van der Waals surface area contributed by atoms with Gasteiger partial charge in [-0.3, -0.25) is 4.90 Å². The van der Waals surface area contributed by atoms with Gasteiger partial charge in [-0.25, -0.2) is 4.98 Å². The zero-order chi connectivity index (χ0) is 10.8. The van der Waals surface area contributed by atoms with Crippen LogP contribution in [0.3, 0.4) is 0 Å². The zero-order valence-electron chi connectivity index (χ0n) is 9.33. The molecule has 0 aromatic carbocycles. The fourth-order valence-electron chi connectivity index (χ4n) is 2.44. The van der Waals surface area contributed by atoms with E-state index in [2.05, 4.69) is 23.7 Å². The van der Waals surface area contributed by atoms with Crippen LogP contribution in [0, 0.1) is 6.92 Å². The third-order valence-corrected chi connectivity index (χ3v) is 3.45. The van der Waals surface area contributed by atoms with Crippen LogP contribution in [0.2, 0.25) is 5.15 Å². The van der Waals surface area contributed by atoms with Crippen LogP contribution in [0.1, 0.15) is 36.9 Å². The molecule has 15 heavy (non-hydrogen) atoms. The van der Waals surface area contributed by atoms with Crippen molar-refractivity contribution in [3.05, 3.63) is 28.5 Å². The number of rotatable bonds is 2. The first kappa shape index (κ1) is 10.9. The molecular weight excluding hydrogens is 208 g/mol. The number of aryl methyl sites for hydroxylation is 1. The summed E-state index contributed by atoms with van der Waals surface area (Å²) in [6, 6.07) is 2.52. The van der Waals surface area contributed by atoms with E-state index in [0.29, 0.717) is 11.2 Å². The van der Waals surface area contributed by atoms with Crippen molar-refractivity contribution in [2.45, 2.75) is 32.7 Å². The van der Waals surface area contributed by atoms with Gasteiger partial charge in [0.2, 0.25) is 0 Å². The van der Waals surface area contributed by atoms with Gasteiger partial charge in [0.15, 0.2) is 0 Å². The smallest absolute Gasteiger partial charge is 0.129 e. The molecule has 0 radical (unpaired) electrons. The summed E-state index contributed by atoms with van der Waals surface area (Å²) in [5.74, 6) is 0. The van der Waals surface area contributed by atoms with Crippen LogP contribution in [-0.4, -0.2) is 23.0 Å². The molecule has 1 saturated heterocycles. The molecule has 0 spiro atoms. The van der Waals surface area contributed by atoms with Crippen LogP contribution in [0.5, 0.6) is 0 Å². The van der Waals surface area contributed by atoms with E-state index < -0.39 is 0 Å². The van der Waals surface area contributed by atoms with Gasteiger partial charge in [-0.15, -0.1) is 0 Å². The van der Waals surface area contributed by atoms with Crippen molar-refractivity contribution in [3.8, 4) is 0 Å². The van der Waals surface area contributed by atoms with Crippen molar-refractivity contribution in [3.63, 3.8) is 0 Å². The summed E-state index contributed by atoms with van der Waals surface area (Å²) in [6.07, 6.45) is 4.48. The maximum absolute atomic E-state index is 5.87. The van der Waals surface area contributed by atoms with Gasteiger partial charge in [-0.05, 0) is 50.0 Å². The Labute approximate surface area is 96.3 Å². The average Bonchev–Trinajstić information content (AvgIpc) is 2.65. The number of likely N-dealkylation sites (tertiary alicyclic amines) is 1. The normalized spacial score (nSPS) is 22.2. The fraction of sp³-hybridized carbons (Fsp3) is 0.583. The summed E-state index contributed by atoms with van der Waals surface area (Å²) in [5.41, 5.74) is 2.61. The van der Waals surface area contributed by atoms with E-state index >= 15 is 0 Å². The summed E-state index contributed by atoms with van der Waals surface area (Å²) in [5, 5.41) is 0.595. The highest BCUT2D eigenvalue weighted by Crippen LogP contribution is 2.33. The molecule has 0 aliphatic carbocycles. The van der Waals surface area contributed by atoms with Crippen molar-refractivity contribution < 1.29 is 0 Å². The zero-order valence-corrected chi connectivity index (χ0v) is 10.1. The Morgan fingerprint density at radius 1 is 1.60 bits per heavy atom. The van der Waals surface area contributed by atoms with Crippen LogP contribution in [0.25, 0.3) is 0 Å². The standard InChI is InChI=1S/C12H17ClN2/c1-3-15-6-4-5-11(15)10-8-14-12(13)7-9(10)2/h7-8,11H,3-6H2,1-2H3/t11-/m0/s1. The third kappa shape index (κ3) is 2.16. The SMILES string of the molecule is CCN1CCC[C@H]1c1cnc(Cl)cc1C. The van der Waals surface area contributed by atoms with E-state index in [4.69, 9.17) is 11.6 Å². The maximum Gasteiger partial charge on any atom is 0.129 e. The Bertz CT molecular complexity index is 351. The van der Waals surface area contributed by atoms with Gasteiger partial charge in [0.25, 0.3) is 0 Å². The quantitative estimate of drug-likeness (QED) is 0.718. The predicted octanol–water partition coefficient (Wildman–Crippen LogP) is 3.20. The molecular formula is C12H17ClN2. The molecule has 2 nitrogen and oxygen atoms in total. The monoisotopic (exact) mass is 224 g/mol. The lowest BCUT2D eigenvalue weighted by Crippen LogP contribution is -2.23. The largest absolute Gasteiger partial charge is 0.297 e. The molecule has 1 aromatic heterocycles. The second-order valence-electron chi connectivity index (χ2n) is 4.15. The summed E-state index contributed by atoms with van der Waals surface area (Å²) < 4.78 is 0. The van der Waals surface area contributed by atoms with E-state index in [-0.39, 0.29) is 0 Å². The van der Waals surface area contributed by atoms with E-state index in [1.807, 2.05) is 12.3 Å². The Morgan fingerprint density at radius 2 is 2.40 bits per heavy atom. The van der Waals surface area contributed by atoms with Crippen LogP contribution in [0.15, 0.2) is 12.3 Å². The first-order valence-electron chi connectivity index (χ1n) is 5.58. The van der Waals surface area contributed by atoms with Crippen molar-refractivity contribution in [1.82, 2.24) is 9.88 Å². The molecule has 0 unspecified atom stereocenters. The molecule has 1 aromatic rings. The number of aromatic nitrogens is 1. The lowest BCUT2D eigenvalue weighted by atomic mass is 10.0. The highest BCUT2D eigenvalue weighted by Gasteiger charge is 2.25. The molecule has 82 valence electrons. The number of hydrogen-bond acceptors (Lipinski definition) is 2. The van der Waals surface area contributed by atoms with Gasteiger partial charge in [0, 0.05) is 12.2 Å². The van der Waals surface area contributed by atoms with Crippen LogP contribution >= 0.6 is 11.6 Å². The Hall–Kier alpha value is -0.600. The Morgan fingerprint density at radius 3 is 3.07 bits per heavy atom. The Balaban J connectivity index is 2.28. The van der Waals surface area contributed by atoms with E-state index in [1.54, 1.807) is 0 Å². The summed E-state index contributed by atoms with van der Waals surface area (Å²) >= 11 is 5.87. The summed E-state index contributed by atoms with van der Waals surface area (Å²) in [4.78, 5) is 6.70. The molecule has 0 N–H and O–H groups in total. The summed E-state index contributed by atoms with van der Waals surface area (Å²) in [6.45, 7) is 6.67. The van der Waals surface area contributed by atoms with Gasteiger partial charge in [-0.2, -0.15) is 0 Å². The second-order valence-corrected chi connectivity index (χ2v) is 4.54. The number of hydrogen-bond donors (Lipinski definition) is 0. The topological polar surface area (TPSA) is 16.1 Å². The lowest BCUT2D eigenvalue weighted by Gasteiger charge is -2.24. The third-order valence-electron chi connectivity index (χ3n) is 3.25. The number of pyridine rings is 1. The van der Waals surface area contributed by atoms with Crippen LogP contribution in [-0.2, 0) is 0 Å². The molecule has 0 amide bonds. The number of nitrogens with zero attached hydrogens (tertiary/aromatic N) is 2. The van der Waals surface area contributed by atoms with Crippen LogP contribution < -0.4 is 0 Å². The van der Waals surface area contributed by atoms with Gasteiger partial charge < -0.3 is 0 Å². The van der Waals surface area contributed by atoms with Crippen molar-refractivity contribution in [1.29, 1.82) is 0 Å². The first-order valence-corrected chi connectivity index (χ1v) is 5.96. The van der Waals surface area contributed by atoms with Gasteiger partial charge in [0.1, 0.15) is 5.15 Å². The highest BCUT2D eigenvalue weighted by molar-refractivity contribution is 6.29. The van der Waals surface area contributed by atoms with Gasteiger partial charge >= 0.3 is 0 Å². The van der Waals surface area contributed by atoms with Crippen molar-refractivity contribution >= 4 is 11.6 Å². The minimum atomic E-state index is 0.555.